The van der Waals surface area contributed by atoms with Gasteiger partial charge in [-0.2, -0.15) is 45.9 Å². The van der Waals surface area contributed by atoms with Crippen LogP contribution in [0.1, 0.15) is 186 Å². The van der Waals surface area contributed by atoms with Crippen molar-refractivity contribution in [3.05, 3.63) is 255 Å². The zero-order valence-electron chi connectivity index (χ0n) is 81.0. The van der Waals surface area contributed by atoms with Crippen LogP contribution in [0.3, 0.4) is 0 Å². The van der Waals surface area contributed by atoms with E-state index in [0.29, 0.717) is 24.2 Å². The van der Waals surface area contributed by atoms with Crippen molar-refractivity contribution in [2.45, 2.75) is 199 Å². The average Bonchev–Trinajstić information content (AvgIpc) is 1.53. The van der Waals surface area contributed by atoms with Gasteiger partial charge in [-0.3, -0.25) is 60.6 Å². The number of hydrogen-bond donors (Lipinski definition) is 12. The number of carbonyl (C=O) groups excluding carboxylic acids is 2. The highest BCUT2D eigenvalue weighted by atomic mass is 32.2. The molecular weight excluding hydrogens is 1820 g/mol. The molecular formula is C112H107N29O2S. The summed E-state index contributed by atoms with van der Waals surface area (Å²) in [6.45, 7) is 14.3. The maximum Gasteiger partial charge on any atom is 0.320 e. The summed E-state index contributed by atoms with van der Waals surface area (Å²) in [4.78, 5) is 52.7. The van der Waals surface area contributed by atoms with Crippen LogP contribution in [0, 0.1) is 33.6 Å². The Hall–Kier alpha value is -16.3. The number of nitrogens with zero attached hydrogens (tertiary/aromatic N) is 17. The van der Waals surface area contributed by atoms with Crippen molar-refractivity contribution in [2.75, 3.05) is 16.9 Å². The van der Waals surface area contributed by atoms with Crippen LogP contribution in [-0.2, 0) is 69.0 Å². The van der Waals surface area contributed by atoms with Crippen molar-refractivity contribution in [1.29, 1.82) is 0 Å². The van der Waals surface area contributed by atoms with E-state index in [1.54, 1.807) is 24.4 Å². The fourth-order valence-corrected chi connectivity index (χ4v) is 23.3. The lowest BCUT2D eigenvalue weighted by Crippen LogP contribution is -2.30. The second-order valence-electron chi connectivity index (χ2n) is 39.6. The molecule has 1 unspecified atom stereocenters. The summed E-state index contributed by atoms with van der Waals surface area (Å²) in [6.07, 6.45) is 43.8. The fraction of sp³-hybridized carbons (Fsp3) is 0.286. The summed E-state index contributed by atoms with van der Waals surface area (Å²) in [5, 5.41) is 94.9. The normalized spacial score (nSPS) is 15.3. The molecule has 31 nitrogen and oxygen atoms in total. The molecule has 32 heteroatoms. The molecule has 718 valence electrons. The highest BCUT2D eigenvalue weighted by molar-refractivity contribution is 7.98. The number of allylic oxidation sites excluding steroid dienone is 1. The van der Waals surface area contributed by atoms with Gasteiger partial charge in [-0.15, -0.1) is 22.0 Å². The minimum absolute atomic E-state index is 0.0131. The third-order valence-electron chi connectivity index (χ3n) is 30.4. The Kier molecular flexibility index (Phi) is 22.9. The monoisotopic (exact) mass is 1920 g/mol. The molecule has 15 heterocycles. The molecule has 144 heavy (non-hydrogen) atoms. The molecule has 12 N–H and O–H groups in total. The van der Waals surface area contributed by atoms with Gasteiger partial charge < -0.3 is 10.6 Å². The summed E-state index contributed by atoms with van der Waals surface area (Å²) in [6, 6.07) is 35.3. The molecule has 0 spiro atoms. The number of rotatable bonds is 13. The Morgan fingerprint density at radius 3 is 1.33 bits per heavy atom. The molecule has 3 amide bonds. The molecule has 2 fully saturated rings. The highest BCUT2D eigenvalue weighted by Crippen LogP contribution is 2.50. The topological polar surface area (TPSA) is 424 Å². The average molecular weight is 1920 g/mol. The van der Waals surface area contributed by atoms with Crippen LogP contribution >= 0.6 is 11.8 Å². The predicted molar refractivity (Wildman–Crippen MR) is 567 cm³/mol. The van der Waals surface area contributed by atoms with Crippen LogP contribution in [0.2, 0.25) is 0 Å². The molecule has 29 rings (SSSR count). The first-order valence-electron chi connectivity index (χ1n) is 50.3. The minimum atomic E-state index is -0.199. The standard InChI is InChI=1S/C27H23N9O.C22H23N7O.2C21H21N5.C21H19N3S/c1-15-21(11-28-34-15)26-20-10-16(27(37)32-17-3-5-18(6-4-17)36-13-30-31-14-36)2-7-19(20)25-22-12-29-35-23(22)8-9-24(25)33-26;1-11-15(10-23-27-11)20-14-5-3-2-4-13(14)18-16(25-20)8-9-17-19(18)21(29-28-17)26-22(30)24-12-6-7-12;1-11-16(9-22-25-11)20-14-5-3-2-4-13(14)19-17-10-23-26-18(17)8-15(12-6-7-12)21(19)24-20;1-11(2)20-19-17(25-26-20)9-8-16-18(19)13-6-4-5-7-14(13)21(23-16)15-10-22-24-12(15)3;1-25-14-8-6-13(7-9-14)21-16-5-3-2-4-15(16)20-17-12-22-24-18(17)10-11-19(20)23-21/h3-6,8-9,11-14,16H,2,7,10H2,1H3,(H,28,34)(H,29,35)(H,32,37);8-10,12H,2-7H2,1H3,(H,23,27)(H3,24,26,28,29,30);8-10,12H,2-7H2,1H3,(H,22,25)(H,23,26);8-10H,1,4-7H2,2-3H3,(H,22,24)(H,25,26);6-12H,2-5H2,1H3,(H,22,24). The van der Waals surface area contributed by atoms with Gasteiger partial charge in [0.2, 0.25) is 5.91 Å². The molecule has 7 aromatic carbocycles. The number of nitrogens with one attached hydrogen (secondary N) is 12. The Morgan fingerprint density at radius 1 is 0.396 bits per heavy atom. The van der Waals surface area contributed by atoms with Crippen molar-refractivity contribution < 1.29 is 9.59 Å². The summed E-state index contributed by atoms with van der Waals surface area (Å²) < 4.78 is 1.82. The number of aromatic amines is 9. The van der Waals surface area contributed by atoms with E-state index in [9.17, 15) is 9.59 Å². The highest BCUT2D eigenvalue weighted by Gasteiger charge is 2.36. The van der Waals surface area contributed by atoms with Crippen LogP contribution in [-0.4, -0.2) is 156 Å². The van der Waals surface area contributed by atoms with E-state index in [4.69, 9.17) is 24.9 Å². The molecule has 15 aromatic heterocycles. The van der Waals surface area contributed by atoms with Gasteiger partial charge in [0.05, 0.1) is 138 Å². The Bertz CT molecular complexity index is 8830. The van der Waals surface area contributed by atoms with E-state index < -0.39 is 0 Å². The van der Waals surface area contributed by atoms with Gasteiger partial charge >= 0.3 is 6.03 Å². The number of aryl methyl sites for hydroxylation is 9. The number of benzene rings is 7. The SMILES string of the molecule is C=C(C)c1n[nH]c2ccc3nc(-c4cn[nH]c4C)c4c(c3c12)CCCC4.CSc1ccc(-c2nc3ccc4[nH]ncc4c3c3c2CCCC3)cc1.Cc1[nH]ncc1-c1nc2c(C3CC3)cc3[nH]ncc3c2c2c1CCCC2.Cc1[nH]ncc1-c1nc2ccc3[nH]nc(NC(=O)NC4CC4)c3c2c2c1CCCC2.Cc1[nH]ncc1-c1nc2ccc3[nH]ncc3c2c2c1CC(C(=O)Nc1ccc(-n3cnnc3)cc1)CC2. The molecule has 0 bridgehead atoms. The molecule has 0 radical (unpaired) electrons. The van der Waals surface area contributed by atoms with Crippen molar-refractivity contribution in [2.24, 2.45) is 5.92 Å². The van der Waals surface area contributed by atoms with Crippen molar-refractivity contribution in [3.8, 4) is 62.0 Å². The van der Waals surface area contributed by atoms with Crippen LogP contribution < -0.4 is 16.0 Å². The third-order valence-corrected chi connectivity index (χ3v) is 31.1. The van der Waals surface area contributed by atoms with E-state index >= 15 is 0 Å². The number of thioether (sulfide) groups is 1. The summed E-state index contributed by atoms with van der Waals surface area (Å²) in [5.74, 6) is 1.06. The van der Waals surface area contributed by atoms with Crippen LogP contribution in [0.4, 0.5) is 16.3 Å². The first-order chi connectivity index (χ1) is 70.6. The number of anilines is 2. The van der Waals surface area contributed by atoms with E-state index in [1.165, 1.54) is 150 Å². The maximum atomic E-state index is 13.4. The smallest absolute Gasteiger partial charge is 0.320 e. The maximum absolute atomic E-state index is 13.4. The number of hydrogen-bond acceptors (Lipinski definition) is 19. The minimum Gasteiger partial charge on any atom is -0.335 e. The summed E-state index contributed by atoms with van der Waals surface area (Å²) >= 11 is 1.78. The lowest BCUT2D eigenvalue weighted by Gasteiger charge is -2.27. The van der Waals surface area contributed by atoms with Gasteiger partial charge in [0.25, 0.3) is 0 Å². The first-order valence-corrected chi connectivity index (χ1v) is 51.5. The van der Waals surface area contributed by atoms with Gasteiger partial charge in [-0.05, 0) is 352 Å². The number of H-pyrrole nitrogens is 9. The van der Waals surface area contributed by atoms with Gasteiger partial charge in [-0.1, -0.05) is 18.7 Å². The molecule has 22 aromatic rings. The number of pyridine rings is 5. The zero-order chi connectivity index (χ0) is 97.1. The zero-order valence-corrected chi connectivity index (χ0v) is 81.9. The number of fused-ring (bicyclic) bond motifs is 25. The third kappa shape index (κ3) is 16.2. The van der Waals surface area contributed by atoms with Crippen LogP contribution in [0.15, 0.2) is 171 Å². The fourth-order valence-electron chi connectivity index (χ4n) is 22.9. The van der Waals surface area contributed by atoms with Gasteiger partial charge in [0.1, 0.15) is 12.7 Å². The Balaban J connectivity index is 0.0000000950. The molecule has 1 atom stereocenters. The van der Waals surface area contributed by atoms with Crippen molar-refractivity contribution >= 4 is 150 Å². The quantitative estimate of drug-likeness (QED) is 0.0477. The largest absolute Gasteiger partial charge is 0.335 e. The lowest BCUT2D eigenvalue weighted by molar-refractivity contribution is -0.120. The van der Waals surface area contributed by atoms with E-state index in [2.05, 4.69) is 199 Å². The van der Waals surface area contributed by atoms with E-state index in [-0.39, 0.29) is 17.9 Å². The summed E-state index contributed by atoms with van der Waals surface area (Å²) in [7, 11) is 0. The lowest BCUT2D eigenvalue weighted by atomic mass is 9.79. The molecule has 0 aliphatic heterocycles. The van der Waals surface area contributed by atoms with Crippen LogP contribution in [0.5, 0.6) is 0 Å². The van der Waals surface area contributed by atoms with Gasteiger partial charge in [-0.25, -0.2) is 29.7 Å². The molecule has 7 aliphatic rings. The number of urea groups is 1. The van der Waals surface area contributed by atoms with Gasteiger partial charge in [0.15, 0.2) is 5.82 Å². The second-order valence-corrected chi connectivity index (χ2v) is 40.4. The Labute approximate surface area is 830 Å². The number of amides is 3. The first kappa shape index (κ1) is 89.1. The van der Waals surface area contributed by atoms with Crippen molar-refractivity contribution in [3.63, 3.8) is 0 Å². The predicted octanol–water partition coefficient (Wildman–Crippen LogP) is 22.8. The number of carbonyl (C=O) groups is 2. The van der Waals surface area contributed by atoms with Crippen LogP contribution in [0.25, 0.3) is 177 Å². The molecule has 2 saturated carbocycles. The van der Waals surface area contributed by atoms with Crippen molar-refractivity contribution in [1.82, 2.24) is 137 Å². The number of aromatic nitrogens is 26. The Morgan fingerprint density at radius 2 is 0.826 bits per heavy atom. The molecule has 0 saturated heterocycles. The van der Waals surface area contributed by atoms with E-state index in [1.807, 2.05) is 117 Å². The second kappa shape index (κ2) is 37.0. The molecule has 7 aliphatic carbocycles. The summed E-state index contributed by atoms with van der Waals surface area (Å²) in [5.41, 5.74) is 43.9. The van der Waals surface area contributed by atoms with E-state index in [0.717, 1.165) is 268 Å². The van der Waals surface area contributed by atoms with Gasteiger partial charge in [0, 0.05) is 127 Å².